The molecule has 8 heteroatoms. The molecule has 128 valence electrons. The Hall–Kier alpha value is -0.0100. The zero-order chi connectivity index (χ0) is 14.6. The summed E-state index contributed by atoms with van der Waals surface area (Å²) in [7, 11) is 0. The summed E-state index contributed by atoms with van der Waals surface area (Å²) in [5.74, 6) is 2.28. The molecule has 1 aliphatic rings. The number of halogens is 2. The largest absolute Gasteiger partial charge is 0.350 e. The second kappa shape index (κ2) is 9.98. The number of aromatic nitrogens is 1. The highest BCUT2D eigenvalue weighted by molar-refractivity contribution is 7.99. The van der Waals surface area contributed by atoms with Crippen LogP contribution in [0.2, 0.25) is 0 Å². The van der Waals surface area contributed by atoms with Crippen molar-refractivity contribution in [2.24, 2.45) is 0 Å². The third kappa shape index (κ3) is 7.04. The zero-order valence-electron chi connectivity index (χ0n) is 13.2. The van der Waals surface area contributed by atoms with E-state index in [2.05, 4.69) is 41.8 Å². The van der Waals surface area contributed by atoms with Gasteiger partial charge >= 0.3 is 0 Å². The molecule has 1 fully saturated rings. The van der Waals surface area contributed by atoms with Gasteiger partial charge in [0.25, 0.3) is 0 Å². The first-order valence-electron chi connectivity index (χ1n) is 6.98. The maximum atomic E-state index is 11.9. The van der Waals surface area contributed by atoms with Crippen LogP contribution in [0.25, 0.3) is 0 Å². The van der Waals surface area contributed by atoms with Crippen LogP contribution in [0.3, 0.4) is 0 Å². The van der Waals surface area contributed by atoms with E-state index in [1.807, 2.05) is 11.8 Å². The molecule has 0 spiro atoms. The number of amides is 1. The molecule has 1 saturated heterocycles. The predicted molar refractivity (Wildman–Crippen MR) is 101 cm³/mol. The van der Waals surface area contributed by atoms with Crippen molar-refractivity contribution in [2.45, 2.75) is 45.2 Å². The van der Waals surface area contributed by atoms with E-state index in [9.17, 15) is 4.79 Å². The van der Waals surface area contributed by atoms with Crippen molar-refractivity contribution in [1.29, 1.82) is 0 Å². The molecule has 1 unspecified atom stereocenters. The Labute approximate surface area is 153 Å². The first-order valence-corrected chi connectivity index (χ1v) is 9.01. The molecular weight excluding hydrogens is 361 g/mol. The van der Waals surface area contributed by atoms with E-state index < -0.39 is 0 Å². The van der Waals surface area contributed by atoms with Crippen LogP contribution in [0.15, 0.2) is 5.38 Å². The van der Waals surface area contributed by atoms with Crippen LogP contribution < -0.4 is 10.6 Å². The van der Waals surface area contributed by atoms with Crippen molar-refractivity contribution in [3.63, 3.8) is 0 Å². The van der Waals surface area contributed by atoms with Crippen LogP contribution in [0.4, 0.5) is 0 Å². The van der Waals surface area contributed by atoms with Gasteiger partial charge in [-0.25, -0.2) is 4.98 Å². The van der Waals surface area contributed by atoms with Gasteiger partial charge in [-0.1, -0.05) is 20.8 Å². The topological polar surface area (TPSA) is 54.0 Å². The van der Waals surface area contributed by atoms with E-state index in [-0.39, 0.29) is 36.1 Å². The fourth-order valence-electron chi connectivity index (χ4n) is 1.96. The number of thioether (sulfide) groups is 1. The second-order valence-electron chi connectivity index (χ2n) is 6.08. The molecule has 1 aromatic rings. The molecular formula is C14H25Cl2N3OS2. The third-order valence-electron chi connectivity index (χ3n) is 3.19. The molecule has 1 atom stereocenters. The van der Waals surface area contributed by atoms with E-state index in [0.717, 1.165) is 28.8 Å². The second-order valence-corrected chi connectivity index (χ2v) is 8.18. The van der Waals surface area contributed by atoms with Gasteiger partial charge in [0.1, 0.15) is 5.01 Å². The first-order chi connectivity index (χ1) is 9.45. The molecule has 2 heterocycles. The smallest absolute Gasteiger partial charge is 0.221 e. The minimum Gasteiger partial charge on any atom is -0.350 e. The van der Waals surface area contributed by atoms with Gasteiger partial charge in [-0.2, -0.15) is 11.8 Å². The van der Waals surface area contributed by atoms with Gasteiger partial charge in [0.05, 0.1) is 12.2 Å². The maximum absolute atomic E-state index is 11.9. The highest BCUT2D eigenvalue weighted by atomic mass is 35.5. The maximum Gasteiger partial charge on any atom is 0.221 e. The van der Waals surface area contributed by atoms with Gasteiger partial charge in [0.2, 0.25) is 5.91 Å². The van der Waals surface area contributed by atoms with Crippen molar-refractivity contribution in [3.8, 4) is 0 Å². The SMILES string of the molecule is CC(C)(C)c1csc(CNC(=O)CC2CSCCN2)n1.Cl.Cl. The average Bonchev–Trinajstić information content (AvgIpc) is 2.86. The fourth-order valence-corrected chi connectivity index (χ4v) is 3.87. The van der Waals surface area contributed by atoms with E-state index >= 15 is 0 Å². The molecule has 2 rings (SSSR count). The Morgan fingerprint density at radius 2 is 2.18 bits per heavy atom. The van der Waals surface area contributed by atoms with Crippen LogP contribution in [0, 0.1) is 0 Å². The standard InChI is InChI=1S/C14H23N3OS2.2ClH/c1-14(2,3)11-9-20-13(17-11)7-16-12(18)6-10-8-19-5-4-15-10;;/h9-10,15H,4-8H2,1-3H3,(H,16,18);2*1H. The van der Waals surface area contributed by atoms with E-state index in [4.69, 9.17) is 0 Å². The number of carbonyl (C=O) groups excluding carboxylic acids is 1. The van der Waals surface area contributed by atoms with Crippen LogP contribution >= 0.6 is 47.9 Å². The summed E-state index contributed by atoms with van der Waals surface area (Å²) in [4.78, 5) is 16.5. The molecule has 4 nitrogen and oxygen atoms in total. The summed E-state index contributed by atoms with van der Waals surface area (Å²) >= 11 is 3.53. The lowest BCUT2D eigenvalue weighted by atomic mass is 9.93. The lowest BCUT2D eigenvalue weighted by Gasteiger charge is -2.22. The summed E-state index contributed by atoms with van der Waals surface area (Å²) in [6.45, 7) is 7.99. The quantitative estimate of drug-likeness (QED) is 0.835. The Morgan fingerprint density at radius 1 is 1.45 bits per heavy atom. The molecule has 0 saturated carbocycles. The van der Waals surface area contributed by atoms with Crippen molar-refractivity contribution < 1.29 is 4.79 Å². The zero-order valence-corrected chi connectivity index (χ0v) is 16.4. The van der Waals surface area contributed by atoms with Crippen LogP contribution in [-0.2, 0) is 16.8 Å². The monoisotopic (exact) mass is 385 g/mol. The Balaban J connectivity index is 0.00000220. The first kappa shape index (κ1) is 22.0. The summed E-state index contributed by atoms with van der Waals surface area (Å²) in [5.41, 5.74) is 1.17. The molecule has 22 heavy (non-hydrogen) atoms. The van der Waals surface area contributed by atoms with Gasteiger partial charge in [-0.3, -0.25) is 4.79 Å². The summed E-state index contributed by atoms with van der Waals surface area (Å²) < 4.78 is 0. The number of rotatable bonds is 4. The van der Waals surface area contributed by atoms with Crippen molar-refractivity contribution in [2.75, 3.05) is 18.1 Å². The number of nitrogens with zero attached hydrogens (tertiary/aromatic N) is 1. The Morgan fingerprint density at radius 3 is 2.73 bits per heavy atom. The van der Waals surface area contributed by atoms with Gasteiger partial charge < -0.3 is 10.6 Å². The van der Waals surface area contributed by atoms with Gasteiger partial charge in [0.15, 0.2) is 0 Å². The predicted octanol–water partition coefficient (Wildman–Crippen LogP) is 3.00. The Bertz CT molecular complexity index is 457. The minimum absolute atomic E-state index is 0. The van der Waals surface area contributed by atoms with E-state index in [0.29, 0.717) is 19.0 Å². The molecule has 1 amide bonds. The van der Waals surface area contributed by atoms with Crippen LogP contribution in [0.1, 0.15) is 37.9 Å². The summed E-state index contributed by atoms with van der Waals surface area (Å²) in [6.07, 6.45) is 0.560. The van der Waals surface area contributed by atoms with Gasteiger partial charge in [0, 0.05) is 41.3 Å². The number of thiazole rings is 1. The summed E-state index contributed by atoms with van der Waals surface area (Å²) in [5, 5.41) is 9.41. The Kier molecular flexibility index (Phi) is 9.98. The molecule has 0 aliphatic carbocycles. The third-order valence-corrected chi connectivity index (χ3v) is 5.17. The van der Waals surface area contributed by atoms with Gasteiger partial charge in [-0.15, -0.1) is 36.2 Å². The number of carbonyl (C=O) groups is 1. The molecule has 0 aromatic carbocycles. The fraction of sp³-hybridized carbons (Fsp3) is 0.714. The highest BCUT2D eigenvalue weighted by Gasteiger charge is 2.19. The van der Waals surface area contributed by atoms with E-state index in [1.54, 1.807) is 11.3 Å². The highest BCUT2D eigenvalue weighted by Crippen LogP contribution is 2.23. The number of hydrogen-bond donors (Lipinski definition) is 2. The number of hydrogen-bond acceptors (Lipinski definition) is 5. The molecule has 1 aromatic heterocycles. The lowest BCUT2D eigenvalue weighted by molar-refractivity contribution is -0.121. The molecule has 0 bridgehead atoms. The summed E-state index contributed by atoms with van der Waals surface area (Å²) in [6, 6.07) is 0.315. The lowest BCUT2D eigenvalue weighted by Crippen LogP contribution is -2.41. The molecule has 1 aliphatic heterocycles. The van der Waals surface area contributed by atoms with Crippen LogP contribution in [-0.4, -0.2) is 35.0 Å². The number of nitrogens with one attached hydrogen (secondary N) is 2. The minimum atomic E-state index is 0. The molecule has 2 N–H and O–H groups in total. The van der Waals surface area contributed by atoms with Crippen LogP contribution in [0.5, 0.6) is 0 Å². The van der Waals surface area contributed by atoms with Crippen molar-refractivity contribution >= 4 is 53.8 Å². The normalized spacial score (nSPS) is 18.0. The van der Waals surface area contributed by atoms with Crippen molar-refractivity contribution in [1.82, 2.24) is 15.6 Å². The van der Waals surface area contributed by atoms with E-state index in [1.165, 1.54) is 0 Å². The average molecular weight is 386 g/mol. The van der Waals surface area contributed by atoms with Crippen molar-refractivity contribution in [3.05, 3.63) is 16.1 Å². The van der Waals surface area contributed by atoms with Gasteiger partial charge in [-0.05, 0) is 0 Å². The molecule has 0 radical (unpaired) electrons.